The van der Waals surface area contributed by atoms with Crippen molar-refractivity contribution >= 4 is 34.2 Å². The minimum absolute atomic E-state index is 0.117. The quantitative estimate of drug-likeness (QED) is 0.479. The topological polar surface area (TPSA) is 113 Å². The number of rotatable bonds is 5. The fraction of sp³-hybridized carbons (Fsp3) is 0.273. The van der Waals surface area contributed by atoms with Crippen molar-refractivity contribution in [3.63, 3.8) is 0 Å². The van der Waals surface area contributed by atoms with E-state index in [2.05, 4.69) is 0 Å². The summed E-state index contributed by atoms with van der Waals surface area (Å²) >= 11 is 1.77. The summed E-state index contributed by atoms with van der Waals surface area (Å²) in [5, 5.41) is 28.6. The molecule has 0 bridgehead atoms. The minimum atomic E-state index is -1.20. The molecule has 0 heterocycles. The number of halogens is 1. The fourth-order valence-corrected chi connectivity index (χ4v) is 2.09. The molecule has 1 unspecified atom stereocenters. The summed E-state index contributed by atoms with van der Waals surface area (Å²) in [6.07, 6.45) is -0.997. The lowest BCUT2D eigenvalue weighted by atomic mass is 10.2. The number of ether oxygens (including phenoxy) is 1. The second kappa shape index (κ2) is 6.33. The Morgan fingerprint density at radius 1 is 1.68 bits per heavy atom. The second-order valence-corrected chi connectivity index (χ2v) is 4.69. The van der Waals surface area contributed by atoms with Gasteiger partial charge in [-0.2, -0.15) is 5.26 Å². The number of nitriles is 1. The third-order valence-electron chi connectivity index (χ3n) is 2.26. The lowest BCUT2D eigenvalue weighted by molar-refractivity contribution is -0.386. The molecule has 0 aliphatic rings. The van der Waals surface area contributed by atoms with E-state index in [1.807, 2.05) is 0 Å². The number of hydrogen-bond acceptors (Lipinski definition) is 5. The number of carboxylic acids is 1. The minimum Gasteiger partial charge on any atom is -0.479 e. The van der Waals surface area contributed by atoms with Crippen LogP contribution < -0.4 is 4.74 Å². The van der Waals surface area contributed by atoms with Crippen LogP contribution in [0.15, 0.2) is 12.1 Å². The molecule has 19 heavy (non-hydrogen) atoms. The van der Waals surface area contributed by atoms with E-state index in [1.165, 1.54) is 6.07 Å². The zero-order valence-electron chi connectivity index (χ0n) is 9.79. The molecule has 0 fully saturated rings. The van der Waals surface area contributed by atoms with Crippen LogP contribution in [0, 0.1) is 25.0 Å². The van der Waals surface area contributed by atoms with Gasteiger partial charge in [-0.1, -0.05) is 6.92 Å². The largest absolute Gasteiger partial charge is 0.479 e. The molecule has 1 atom stereocenters. The van der Waals surface area contributed by atoms with Crippen molar-refractivity contribution in [2.24, 2.45) is 0 Å². The number of hydrogen-bond donors (Lipinski definition) is 1. The van der Waals surface area contributed by atoms with Gasteiger partial charge in [0.25, 0.3) is 0 Å². The lowest BCUT2D eigenvalue weighted by Gasteiger charge is -2.14. The van der Waals surface area contributed by atoms with Gasteiger partial charge >= 0.3 is 11.7 Å². The van der Waals surface area contributed by atoms with Crippen LogP contribution >= 0.6 is 22.6 Å². The van der Waals surface area contributed by atoms with E-state index in [-0.39, 0.29) is 17.7 Å². The average molecular weight is 376 g/mol. The molecule has 0 spiro atoms. The molecular weight excluding hydrogens is 367 g/mol. The van der Waals surface area contributed by atoms with E-state index in [4.69, 9.17) is 15.1 Å². The Morgan fingerprint density at radius 3 is 2.74 bits per heavy atom. The van der Waals surface area contributed by atoms with Gasteiger partial charge in [-0.15, -0.1) is 0 Å². The predicted octanol–water partition coefficient (Wildman–Crippen LogP) is 2.31. The zero-order chi connectivity index (χ0) is 14.6. The fourth-order valence-electron chi connectivity index (χ4n) is 1.35. The van der Waals surface area contributed by atoms with E-state index in [0.29, 0.717) is 3.57 Å². The van der Waals surface area contributed by atoms with Crippen molar-refractivity contribution in [3.05, 3.63) is 31.4 Å². The van der Waals surface area contributed by atoms with Gasteiger partial charge < -0.3 is 9.84 Å². The number of nitro benzene ring substituents is 1. The molecule has 0 aromatic heterocycles. The van der Waals surface area contributed by atoms with Gasteiger partial charge in [-0.25, -0.2) is 4.79 Å². The van der Waals surface area contributed by atoms with Crippen LogP contribution in [0.4, 0.5) is 5.69 Å². The highest BCUT2D eigenvalue weighted by atomic mass is 127. The third-order valence-corrected chi connectivity index (χ3v) is 3.06. The zero-order valence-corrected chi connectivity index (χ0v) is 11.9. The highest BCUT2D eigenvalue weighted by Crippen LogP contribution is 2.34. The molecule has 1 aromatic rings. The summed E-state index contributed by atoms with van der Waals surface area (Å²) in [6, 6.07) is 4.26. The van der Waals surface area contributed by atoms with E-state index >= 15 is 0 Å². The maximum atomic E-state index is 10.9. The Kier molecular flexibility index (Phi) is 5.05. The van der Waals surface area contributed by atoms with Gasteiger partial charge in [0.1, 0.15) is 0 Å². The maximum Gasteiger partial charge on any atom is 0.344 e. The smallest absolute Gasteiger partial charge is 0.344 e. The van der Waals surface area contributed by atoms with Crippen molar-refractivity contribution in [3.8, 4) is 11.8 Å². The predicted molar refractivity (Wildman–Crippen MR) is 72.9 cm³/mol. The molecule has 0 radical (unpaired) electrons. The molecule has 0 saturated heterocycles. The summed E-state index contributed by atoms with van der Waals surface area (Å²) in [5.41, 5.74) is -0.296. The molecule has 1 rings (SSSR count). The molecule has 100 valence electrons. The van der Waals surface area contributed by atoms with Crippen molar-refractivity contribution in [1.82, 2.24) is 0 Å². The number of benzene rings is 1. The number of nitro groups is 1. The molecule has 0 aliphatic carbocycles. The summed E-state index contributed by atoms with van der Waals surface area (Å²) in [7, 11) is 0. The number of carbonyl (C=O) groups is 1. The van der Waals surface area contributed by atoms with Crippen LogP contribution in [0.1, 0.15) is 18.9 Å². The van der Waals surface area contributed by atoms with Gasteiger partial charge in [-0.3, -0.25) is 10.1 Å². The number of nitrogens with zero attached hydrogens (tertiary/aromatic N) is 2. The summed E-state index contributed by atoms with van der Waals surface area (Å²) < 4.78 is 5.51. The Balaban J connectivity index is 3.30. The van der Waals surface area contributed by atoms with E-state index < -0.39 is 22.7 Å². The van der Waals surface area contributed by atoms with Crippen LogP contribution in [-0.2, 0) is 4.79 Å². The monoisotopic (exact) mass is 376 g/mol. The molecule has 8 heteroatoms. The van der Waals surface area contributed by atoms with Crippen molar-refractivity contribution < 1.29 is 19.6 Å². The van der Waals surface area contributed by atoms with Crippen LogP contribution in [0.25, 0.3) is 0 Å². The van der Waals surface area contributed by atoms with Crippen LogP contribution in [0.3, 0.4) is 0 Å². The highest BCUT2D eigenvalue weighted by molar-refractivity contribution is 14.1. The third kappa shape index (κ3) is 3.54. The first-order chi connectivity index (χ1) is 8.90. The van der Waals surface area contributed by atoms with Crippen LogP contribution in [-0.4, -0.2) is 22.1 Å². The van der Waals surface area contributed by atoms with Gasteiger partial charge in [0.2, 0.25) is 5.75 Å². The van der Waals surface area contributed by atoms with Crippen LogP contribution in [0.5, 0.6) is 5.75 Å². The summed E-state index contributed by atoms with van der Waals surface area (Å²) in [4.78, 5) is 21.1. The Labute approximate surface area is 122 Å². The van der Waals surface area contributed by atoms with Crippen molar-refractivity contribution in [2.75, 3.05) is 0 Å². The Hall–Kier alpha value is -1.89. The van der Waals surface area contributed by atoms with Crippen molar-refractivity contribution in [2.45, 2.75) is 19.4 Å². The van der Waals surface area contributed by atoms with Gasteiger partial charge in [0.05, 0.1) is 20.1 Å². The van der Waals surface area contributed by atoms with E-state index in [9.17, 15) is 14.9 Å². The summed E-state index contributed by atoms with van der Waals surface area (Å²) in [6.45, 7) is 1.60. The Bertz CT molecular complexity index is 567. The highest BCUT2D eigenvalue weighted by Gasteiger charge is 2.26. The Morgan fingerprint density at radius 2 is 2.32 bits per heavy atom. The SMILES string of the molecule is CCC(Oc1c(I)cc(C#N)cc1[N+](=O)[O-])C(=O)O. The molecule has 0 saturated carbocycles. The average Bonchev–Trinajstić information content (AvgIpc) is 2.35. The molecule has 1 N–H and O–H groups in total. The lowest BCUT2D eigenvalue weighted by Crippen LogP contribution is -2.26. The van der Waals surface area contributed by atoms with Gasteiger partial charge in [-0.05, 0) is 35.1 Å². The molecule has 1 aromatic carbocycles. The molecule has 7 nitrogen and oxygen atoms in total. The molecule has 0 amide bonds. The first-order valence-electron chi connectivity index (χ1n) is 5.18. The maximum absolute atomic E-state index is 10.9. The standard InChI is InChI=1S/C11H9IN2O5/c1-2-9(11(15)16)19-10-7(12)3-6(5-13)4-8(10)14(17)18/h3-4,9H,2H2,1H3,(H,15,16). The van der Waals surface area contributed by atoms with E-state index in [1.54, 1.807) is 35.6 Å². The van der Waals surface area contributed by atoms with Gasteiger partial charge in [0.15, 0.2) is 6.10 Å². The van der Waals surface area contributed by atoms with Gasteiger partial charge in [0, 0.05) is 6.07 Å². The summed E-state index contributed by atoms with van der Waals surface area (Å²) in [5.74, 6) is -1.32. The first-order valence-corrected chi connectivity index (χ1v) is 6.26. The number of carboxylic acid groups (broad SMARTS) is 1. The molecule has 0 aliphatic heterocycles. The first kappa shape index (κ1) is 15.2. The second-order valence-electron chi connectivity index (χ2n) is 3.53. The van der Waals surface area contributed by atoms with Crippen molar-refractivity contribution in [1.29, 1.82) is 5.26 Å². The normalized spacial score (nSPS) is 11.4. The number of aliphatic carboxylic acids is 1. The van der Waals surface area contributed by atoms with Crippen LogP contribution in [0.2, 0.25) is 0 Å². The van der Waals surface area contributed by atoms with E-state index in [0.717, 1.165) is 6.07 Å². The molecular formula is C11H9IN2O5.